The zero-order valence-corrected chi connectivity index (χ0v) is 18.5. The number of hydrogen-bond acceptors (Lipinski definition) is 3. The Morgan fingerprint density at radius 1 is 1.14 bits per heavy atom. The smallest absolute Gasteiger partial charge is 0.278 e. The van der Waals surface area contributed by atoms with Crippen molar-refractivity contribution in [3.63, 3.8) is 0 Å². The minimum Gasteiger partial charge on any atom is -0.278 e. The maximum absolute atomic E-state index is 13.7. The fraction of sp³-hybridized carbons (Fsp3) is 0.263. The molecule has 10 heteroatoms. The monoisotopic (exact) mass is 509 g/mol. The zero-order chi connectivity index (χ0) is 21.6. The van der Waals surface area contributed by atoms with Gasteiger partial charge in [0, 0.05) is 9.17 Å². The molecule has 1 N–H and O–H groups in total. The molecule has 0 amide bonds. The van der Waals surface area contributed by atoms with Crippen LogP contribution in [0.3, 0.4) is 0 Å². The van der Waals surface area contributed by atoms with E-state index in [1.165, 1.54) is 24.3 Å². The van der Waals surface area contributed by atoms with Crippen LogP contribution in [-0.4, -0.2) is 8.42 Å². The molecule has 2 aromatic carbocycles. The Morgan fingerprint density at radius 2 is 1.83 bits per heavy atom. The third-order valence-corrected chi connectivity index (χ3v) is 7.74. The van der Waals surface area contributed by atoms with E-state index in [-0.39, 0.29) is 14.6 Å². The average molecular weight is 510 g/mol. The van der Waals surface area contributed by atoms with Crippen molar-refractivity contribution in [3.8, 4) is 0 Å². The first kappa shape index (κ1) is 22.0. The van der Waals surface area contributed by atoms with Gasteiger partial charge in [0.1, 0.15) is 10.0 Å². The average Bonchev–Trinajstić information content (AvgIpc) is 2.93. The summed E-state index contributed by atoms with van der Waals surface area (Å²) in [4.78, 5) is 0. The number of fused-ring (bicyclic) bond motifs is 1. The van der Waals surface area contributed by atoms with Crippen LogP contribution >= 0.6 is 27.3 Å². The molecule has 0 spiro atoms. The topological polar surface area (TPSA) is 46.2 Å². The molecule has 0 saturated carbocycles. The van der Waals surface area contributed by atoms with Crippen LogP contribution in [0.2, 0.25) is 0 Å². The maximum Gasteiger partial charge on any atom is 0.418 e. The Labute approximate surface area is 177 Å². The van der Waals surface area contributed by atoms with Gasteiger partial charge in [-0.3, -0.25) is 4.72 Å². The van der Waals surface area contributed by atoms with E-state index in [9.17, 15) is 26.0 Å². The van der Waals surface area contributed by atoms with Crippen LogP contribution in [0, 0.1) is 11.7 Å². The van der Waals surface area contributed by atoms with Gasteiger partial charge in [-0.2, -0.15) is 13.2 Å². The lowest BCUT2D eigenvalue weighted by molar-refractivity contribution is -0.136. The minimum atomic E-state index is -4.74. The van der Waals surface area contributed by atoms with E-state index < -0.39 is 33.3 Å². The van der Waals surface area contributed by atoms with E-state index in [0.29, 0.717) is 22.1 Å². The molecule has 3 rings (SSSR count). The van der Waals surface area contributed by atoms with E-state index in [4.69, 9.17) is 0 Å². The predicted molar refractivity (Wildman–Crippen MR) is 110 cm³/mol. The molecular formula is C19H16BrF4NO2S2. The van der Waals surface area contributed by atoms with Crippen molar-refractivity contribution in [2.24, 2.45) is 5.92 Å². The molecular weight excluding hydrogens is 494 g/mol. The fourth-order valence-electron chi connectivity index (χ4n) is 2.95. The third-order valence-electron chi connectivity index (χ3n) is 4.10. The van der Waals surface area contributed by atoms with E-state index in [2.05, 4.69) is 20.7 Å². The number of thiophene rings is 1. The summed E-state index contributed by atoms with van der Waals surface area (Å²) in [6.07, 6.45) is -4.40. The summed E-state index contributed by atoms with van der Waals surface area (Å²) in [5, 5.41) is 0.455. The molecule has 156 valence electrons. The molecule has 0 radical (unpaired) electrons. The minimum absolute atomic E-state index is 0.0587. The molecule has 0 aliphatic rings. The number of rotatable bonds is 5. The first-order valence-electron chi connectivity index (χ1n) is 8.49. The van der Waals surface area contributed by atoms with Crippen molar-refractivity contribution in [3.05, 3.63) is 57.8 Å². The van der Waals surface area contributed by atoms with Crippen LogP contribution in [0.15, 0.2) is 45.1 Å². The lowest BCUT2D eigenvalue weighted by Crippen LogP contribution is -2.17. The highest BCUT2D eigenvalue weighted by atomic mass is 79.9. The van der Waals surface area contributed by atoms with Crippen LogP contribution in [0.5, 0.6) is 0 Å². The van der Waals surface area contributed by atoms with Gasteiger partial charge in [0.2, 0.25) is 0 Å². The lowest BCUT2D eigenvalue weighted by atomic mass is 10.0. The second kappa shape index (κ2) is 7.88. The maximum atomic E-state index is 13.7. The largest absolute Gasteiger partial charge is 0.418 e. The molecule has 0 aliphatic carbocycles. The van der Waals surface area contributed by atoms with Gasteiger partial charge in [0.15, 0.2) is 0 Å². The standard InChI is InChI=1S/C19H16BrF4NO2S2/c1-10(2)7-14-13-9-12(21)4-6-17(13)28-18(14)29(26,27)25-16-5-3-11(20)8-15(16)19(22,23)24/h3-6,8-10,25H,7H2,1-2H3. The molecule has 3 aromatic rings. The van der Waals surface area contributed by atoms with Crippen molar-refractivity contribution in [1.82, 2.24) is 0 Å². The van der Waals surface area contributed by atoms with Crippen molar-refractivity contribution in [2.75, 3.05) is 4.72 Å². The molecule has 0 saturated heterocycles. The summed E-state index contributed by atoms with van der Waals surface area (Å²) in [5.41, 5.74) is -1.27. The summed E-state index contributed by atoms with van der Waals surface area (Å²) in [6.45, 7) is 3.76. The van der Waals surface area contributed by atoms with Gasteiger partial charge in [0.05, 0.1) is 11.3 Å². The molecule has 3 nitrogen and oxygen atoms in total. The van der Waals surface area contributed by atoms with Gasteiger partial charge >= 0.3 is 6.18 Å². The number of anilines is 1. The fourth-order valence-corrected chi connectivity index (χ4v) is 6.16. The van der Waals surface area contributed by atoms with Gasteiger partial charge in [-0.1, -0.05) is 29.8 Å². The van der Waals surface area contributed by atoms with Gasteiger partial charge in [-0.15, -0.1) is 11.3 Å². The summed E-state index contributed by atoms with van der Waals surface area (Å²) < 4.78 is 82.6. The van der Waals surface area contributed by atoms with Crippen molar-refractivity contribution in [2.45, 2.75) is 30.7 Å². The normalized spacial score (nSPS) is 12.7. The van der Waals surface area contributed by atoms with E-state index in [0.717, 1.165) is 23.5 Å². The Kier molecular flexibility index (Phi) is 5.99. The number of nitrogens with one attached hydrogen (secondary N) is 1. The highest BCUT2D eigenvalue weighted by Crippen LogP contribution is 2.40. The Hall–Kier alpha value is -1.65. The number of benzene rings is 2. The molecule has 29 heavy (non-hydrogen) atoms. The highest BCUT2D eigenvalue weighted by Gasteiger charge is 2.35. The molecule has 0 unspecified atom stereocenters. The first-order valence-corrected chi connectivity index (χ1v) is 11.6. The van der Waals surface area contributed by atoms with E-state index in [1.54, 1.807) is 0 Å². The van der Waals surface area contributed by atoms with Gasteiger partial charge in [0.25, 0.3) is 10.0 Å². The molecule has 0 aliphatic heterocycles. The van der Waals surface area contributed by atoms with Gasteiger partial charge < -0.3 is 0 Å². The van der Waals surface area contributed by atoms with Crippen molar-refractivity contribution in [1.29, 1.82) is 0 Å². The molecule has 1 aromatic heterocycles. The van der Waals surface area contributed by atoms with Crippen molar-refractivity contribution >= 4 is 53.1 Å². The summed E-state index contributed by atoms with van der Waals surface area (Å²) in [7, 11) is -4.33. The van der Waals surface area contributed by atoms with Crippen LogP contribution in [0.1, 0.15) is 25.0 Å². The van der Waals surface area contributed by atoms with Crippen LogP contribution in [-0.2, 0) is 22.6 Å². The molecule has 0 bridgehead atoms. The Bertz CT molecular complexity index is 1170. The highest BCUT2D eigenvalue weighted by molar-refractivity contribution is 9.10. The summed E-state index contributed by atoms with van der Waals surface area (Å²) >= 11 is 3.88. The van der Waals surface area contributed by atoms with Crippen molar-refractivity contribution < 1.29 is 26.0 Å². The van der Waals surface area contributed by atoms with Crippen LogP contribution in [0.4, 0.5) is 23.2 Å². The quantitative estimate of drug-likeness (QED) is 0.383. The second-order valence-electron chi connectivity index (χ2n) is 6.90. The lowest BCUT2D eigenvalue weighted by Gasteiger charge is -2.16. The zero-order valence-electron chi connectivity index (χ0n) is 15.3. The molecule has 0 fully saturated rings. The number of alkyl halides is 3. The number of halogens is 5. The molecule has 0 atom stereocenters. The van der Waals surface area contributed by atoms with E-state index in [1.807, 2.05) is 13.8 Å². The van der Waals surface area contributed by atoms with Gasteiger partial charge in [-0.05, 0) is 59.7 Å². The third kappa shape index (κ3) is 4.75. The molecule has 1 heterocycles. The first-order chi connectivity index (χ1) is 13.4. The SMILES string of the molecule is CC(C)Cc1c(S(=O)(=O)Nc2ccc(Br)cc2C(F)(F)F)sc2ccc(F)cc12. The Balaban J connectivity index is 2.15. The predicted octanol–water partition coefficient (Wildman–Crippen LogP) is 6.82. The van der Waals surface area contributed by atoms with Gasteiger partial charge in [-0.25, -0.2) is 12.8 Å². The summed E-state index contributed by atoms with van der Waals surface area (Å²) in [5.74, 6) is -0.451. The van der Waals surface area contributed by atoms with Crippen LogP contribution in [0.25, 0.3) is 10.1 Å². The number of sulfonamides is 1. The Morgan fingerprint density at radius 3 is 2.45 bits per heavy atom. The second-order valence-corrected chi connectivity index (χ2v) is 10.7. The number of hydrogen-bond donors (Lipinski definition) is 1. The summed E-state index contributed by atoms with van der Waals surface area (Å²) in [6, 6.07) is 7.13. The van der Waals surface area contributed by atoms with Crippen LogP contribution < -0.4 is 4.72 Å². The van der Waals surface area contributed by atoms with E-state index >= 15 is 0 Å².